The summed E-state index contributed by atoms with van der Waals surface area (Å²) in [5.74, 6) is 0.255. The highest BCUT2D eigenvalue weighted by Crippen LogP contribution is 2.33. The molecule has 0 saturated heterocycles. The molecule has 0 amide bonds. The lowest BCUT2D eigenvalue weighted by molar-refractivity contribution is -0.137. The van der Waals surface area contributed by atoms with Crippen molar-refractivity contribution in [2.45, 2.75) is 12.7 Å². The van der Waals surface area contributed by atoms with Crippen LogP contribution in [0.3, 0.4) is 0 Å². The molecule has 0 radical (unpaired) electrons. The van der Waals surface area contributed by atoms with Crippen molar-refractivity contribution in [3.05, 3.63) is 82.7 Å². The zero-order valence-corrected chi connectivity index (χ0v) is 15.8. The Morgan fingerprint density at radius 3 is 2.60 bits per heavy atom. The molecule has 0 saturated carbocycles. The first kappa shape index (κ1) is 19.6. The van der Waals surface area contributed by atoms with Gasteiger partial charge in [-0.05, 0) is 35.9 Å². The van der Waals surface area contributed by atoms with Gasteiger partial charge in [0, 0.05) is 31.5 Å². The molecule has 1 aromatic carbocycles. The minimum atomic E-state index is -4.47. The van der Waals surface area contributed by atoms with E-state index in [-0.39, 0.29) is 28.0 Å². The highest BCUT2D eigenvalue weighted by molar-refractivity contribution is 5.91. The maximum atomic E-state index is 13.1. The molecular weight excluding hydrogens is 395 g/mol. The van der Waals surface area contributed by atoms with Crippen LogP contribution in [0.5, 0.6) is 0 Å². The van der Waals surface area contributed by atoms with Gasteiger partial charge in [0.25, 0.3) is 5.56 Å². The normalized spacial score (nSPS) is 11.6. The van der Waals surface area contributed by atoms with E-state index in [2.05, 4.69) is 20.3 Å². The van der Waals surface area contributed by atoms with Crippen molar-refractivity contribution in [1.82, 2.24) is 19.5 Å². The predicted octanol–water partition coefficient (Wildman–Crippen LogP) is 4.02. The maximum absolute atomic E-state index is 13.1. The summed E-state index contributed by atoms with van der Waals surface area (Å²) in [5.41, 5.74) is 0.737. The fourth-order valence-corrected chi connectivity index (χ4v) is 3.04. The summed E-state index contributed by atoms with van der Waals surface area (Å²) in [7, 11) is 1.57. The van der Waals surface area contributed by atoms with E-state index in [1.54, 1.807) is 19.4 Å². The van der Waals surface area contributed by atoms with E-state index >= 15 is 0 Å². The van der Waals surface area contributed by atoms with Crippen molar-refractivity contribution in [2.75, 3.05) is 5.32 Å². The second kappa shape index (κ2) is 7.58. The van der Waals surface area contributed by atoms with Crippen LogP contribution in [-0.2, 0) is 19.8 Å². The Labute approximate surface area is 169 Å². The average Bonchev–Trinajstić information content (AvgIpc) is 2.74. The lowest BCUT2D eigenvalue weighted by Crippen LogP contribution is -2.19. The monoisotopic (exact) mass is 411 g/mol. The molecule has 3 aromatic heterocycles. The predicted molar refractivity (Wildman–Crippen MR) is 107 cm³/mol. The molecule has 1 N–H and O–H groups in total. The fourth-order valence-electron chi connectivity index (χ4n) is 3.04. The van der Waals surface area contributed by atoms with Crippen molar-refractivity contribution < 1.29 is 13.2 Å². The Balaban J connectivity index is 1.84. The molecule has 0 aliphatic rings. The van der Waals surface area contributed by atoms with Gasteiger partial charge in [0.1, 0.15) is 11.2 Å². The summed E-state index contributed by atoms with van der Waals surface area (Å²) in [4.78, 5) is 25.4. The van der Waals surface area contributed by atoms with Gasteiger partial charge in [-0.3, -0.25) is 9.78 Å². The molecule has 4 rings (SSSR count). The molecule has 4 aromatic rings. The average molecular weight is 411 g/mol. The molecule has 0 atom stereocenters. The number of benzene rings is 1. The number of fused-ring (bicyclic) bond motifs is 1. The van der Waals surface area contributed by atoms with Crippen molar-refractivity contribution in [3.63, 3.8) is 0 Å². The van der Waals surface area contributed by atoms with Crippen LogP contribution < -0.4 is 10.9 Å². The van der Waals surface area contributed by atoms with E-state index in [0.29, 0.717) is 12.1 Å². The van der Waals surface area contributed by atoms with Crippen LogP contribution in [0.1, 0.15) is 11.1 Å². The number of nitrogens with zero attached hydrogens (tertiary/aromatic N) is 4. The lowest BCUT2D eigenvalue weighted by atomic mass is 10.1. The first-order chi connectivity index (χ1) is 14.3. The quantitative estimate of drug-likeness (QED) is 0.549. The highest BCUT2D eigenvalue weighted by Gasteiger charge is 2.30. The zero-order chi connectivity index (χ0) is 21.3. The van der Waals surface area contributed by atoms with Crippen LogP contribution in [-0.4, -0.2) is 19.5 Å². The number of halogens is 3. The Hall–Kier alpha value is -3.75. The summed E-state index contributed by atoms with van der Waals surface area (Å²) in [6.07, 6.45) is 0.182. The van der Waals surface area contributed by atoms with E-state index in [4.69, 9.17) is 0 Å². The van der Waals surface area contributed by atoms with E-state index in [9.17, 15) is 18.0 Å². The van der Waals surface area contributed by atoms with Gasteiger partial charge in [0.2, 0.25) is 0 Å². The molecule has 30 heavy (non-hydrogen) atoms. The van der Waals surface area contributed by atoms with Crippen LogP contribution in [0.4, 0.5) is 19.0 Å². The van der Waals surface area contributed by atoms with Gasteiger partial charge in [-0.2, -0.15) is 13.2 Å². The third-order valence-electron chi connectivity index (χ3n) is 4.60. The number of aromatic nitrogens is 4. The van der Waals surface area contributed by atoms with Crippen LogP contribution in [0.15, 0.2) is 66.0 Å². The van der Waals surface area contributed by atoms with Crippen LogP contribution in [0.25, 0.3) is 22.2 Å². The first-order valence-corrected chi connectivity index (χ1v) is 9.00. The summed E-state index contributed by atoms with van der Waals surface area (Å²) in [6, 6.07) is 10.0. The molecule has 6 nitrogen and oxygen atoms in total. The number of alkyl halides is 3. The molecular formula is C21H16F3N5O. The van der Waals surface area contributed by atoms with Crippen molar-refractivity contribution >= 4 is 16.7 Å². The number of hydrogen-bond acceptors (Lipinski definition) is 5. The highest BCUT2D eigenvalue weighted by atomic mass is 19.4. The summed E-state index contributed by atoms with van der Waals surface area (Å²) >= 11 is 0. The van der Waals surface area contributed by atoms with Crippen LogP contribution in [0.2, 0.25) is 0 Å². The third kappa shape index (κ3) is 3.86. The number of anilines is 1. The van der Waals surface area contributed by atoms with Gasteiger partial charge in [0.05, 0.1) is 23.1 Å². The van der Waals surface area contributed by atoms with Gasteiger partial charge in [-0.25, -0.2) is 9.97 Å². The van der Waals surface area contributed by atoms with E-state index in [1.807, 2.05) is 12.1 Å². The van der Waals surface area contributed by atoms with Crippen LogP contribution >= 0.6 is 0 Å². The minimum absolute atomic E-state index is 0.255. The second-order valence-electron chi connectivity index (χ2n) is 6.70. The molecule has 0 unspecified atom stereocenters. The largest absolute Gasteiger partial charge is 0.416 e. The smallest absolute Gasteiger partial charge is 0.365 e. The number of rotatable bonds is 4. The number of hydrogen-bond donors (Lipinski definition) is 1. The minimum Gasteiger partial charge on any atom is -0.365 e. The number of aryl methyl sites for hydroxylation is 1. The summed E-state index contributed by atoms with van der Waals surface area (Å²) in [5, 5.41) is 3.38. The Morgan fingerprint density at radius 1 is 1.10 bits per heavy atom. The van der Waals surface area contributed by atoms with Gasteiger partial charge in [-0.1, -0.05) is 12.1 Å². The first-order valence-electron chi connectivity index (χ1n) is 9.00. The van der Waals surface area contributed by atoms with Crippen molar-refractivity contribution in [2.24, 2.45) is 7.05 Å². The molecule has 0 fully saturated rings. The fraction of sp³-hybridized carbons (Fsp3) is 0.143. The SMILES string of the molecule is Cn1cnc2cc(-c3cccc(C(F)(F)F)c3)nc(NCc3ccncc3)c2c1=O. The standard InChI is InChI=1S/C21H16F3N5O/c1-29-12-27-17-10-16(14-3-2-4-15(9-14)21(22,23)24)28-19(18(17)20(29)30)26-11-13-5-7-25-8-6-13/h2-10,12H,11H2,1H3,(H,26,28). The lowest BCUT2D eigenvalue weighted by Gasteiger charge is -2.13. The molecule has 0 spiro atoms. The molecule has 0 aliphatic carbocycles. The van der Waals surface area contributed by atoms with Crippen molar-refractivity contribution in [3.8, 4) is 11.3 Å². The third-order valence-corrected chi connectivity index (χ3v) is 4.60. The molecule has 3 heterocycles. The van der Waals surface area contributed by atoms with Crippen molar-refractivity contribution in [1.29, 1.82) is 0 Å². The Kier molecular flexibility index (Phi) is 4.94. The topological polar surface area (TPSA) is 72.7 Å². The number of nitrogens with one attached hydrogen (secondary N) is 1. The number of pyridine rings is 2. The molecule has 152 valence electrons. The Bertz CT molecular complexity index is 1270. The molecule has 9 heteroatoms. The van der Waals surface area contributed by atoms with Gasteiger partial charge in [0.15, 0.2) is 0 Å². The summed E-state index contributed by atoms with van der Waals surface area (Å²) in [6.45, 7) is 0.356. The second-order valence-corrected chi connectivity index (χ2v) is 6.70. The van der Waals surface area contributed by atoms with Gasteiger partial charge < -0.3 is 9.88 Å². The Morgan fingerprint density at radius 2 is 1.87 bits per heavy atom. The van der Waals surface area contributed by atoms with Crippen LogP contribution in [0, 0.1) is 0 Å². The van der Waals surface area contributed by atoms with Gasteiger partial charge in [-0.15, -0.1) is 0 Å². The zero-order valence-electron chi connectivity index (χ0n) is 15.8. The van der Waals surface area contributed by atoms with E-state index in [0.717, 1.165) is 17.7 Å². The van der Waals surface area contributed by atoms with E-state index < -0.39 is 11.7 Å². The molecule has 0 bridgehead atoms. The van der Waals surface area contributed by atoms with Gasteiger partial charge >= 0.3 is 6.18 Å². The summed E-state index contributed by atoms with van der Waals surface area (Å²) < 4.78 is 40.7. The maximum Gasteiger partial charge on any atom is 0.416 e. The van der Waals surface area contributed by atoms with E-state index in [1.165, 1.54) is 29.1 Å². The molecule has 0 aliphatic heterocycles.